The number of aromatic nitrogens is 2. The summed E-state index contributed by atoms with van der Waals surface area (Å²) in [6, 6.07) is 0. The lowest BCUT2D eigenvalue weighted by Gasteiger charge is -2.19. The fourth-order valence-electron chi connectivity index (χ4n) is 1.44. The number of nitrogens with zero attached hydrogens (tertiary/aromatic N) is 1. The Morgan fingerprint density at radius 2 is 2.12 bits per heavy atom. The van der Waals surface area contributed by atoms with Crippen molar-refractivity contribution in [1.82, 2.24) is 9.97 Å². The summed E-state index contributed by atoms with van der Waals surface area (Å²) in [5.74, 6) is 0.319. The van der Waals surface area contributed by atoms with Crippen LogP contribution in [0.2, 0.25) is 0 Å². The zero-order valence-corrected chi connectivity index (χ0v) is 10.1. The van der Waals surface area contributed by atoms with Gasteiger partial charge in [0.1, 0.15) is 11.9 Å². The summed E-state index contributed by atoms with van der Waals surface area (Å²) in [4.78, 5) is 18.1. The maximum Gasteiger partial charge on any atom is 0.257 e. The third-order valence-electron chi connectivity index (χ3n) is 2.37. The van der Waals surface area contributed by atoms with Crippen molar-refractivity contribution in [2.75, 3.05) is 6.61 Å². The van der Waals surface area contributed by atoms with Gasteiger partial charge < -0.3 is 14.8 Å². The summed E-state index contributed by atoms with van der Waals surface area (Å²) in [7, 11) is 0. The third-order valence-corrected chi connectivity index (χ3v) is 2.37. The number of ether oxygens (including phenoxy) is 1. The van der Waals surface area contributed by atoms with E-state index in [4.69, 9.17) is 4.74 Å². The van der Waals surface area contributed by atoms with Gasteiger partial charge in [0.25, 0.3) is 5.56 Å². The highest BCUT2D eigenvalue weighted by Gasteiger charge is 2.20. The average Bonchev–Trinajstić information content (AvgIpc) is 2.21. The molecule has 0 aliphatic carbocycles. The number of nitrogens with one attached hydrogen (secondary N) is 1. The van der Waals surface area contributed by atoms with Gasteiger partial charge in [0.2, 0.25) is 5.88 Å². The van der Waals surface area contributed by atoms with Crippen molar-refractivity contribution in [1.29, 1.82) is 0 Å². The van der Waals surface area contributed by atoms with E-state index in [0.717, 1.165) is 0 Å². The van der Waals surface area contributed by atoms with Crippen LogP contribution in [0.5, 0.6) is 5.88 Å². The molecule has 1 rings (SSSR count). The SMILES string of the molecule is CCOC(c1nc(O)c(C)c(=O)[nH]1)C(C)C. The summed E-state index contributed by atoms with van der Waals surface area (Å²) in [5.41, 5.74) is -0.101. The van der Waals surface area contributed by atoms with Gasteiger partial charge in [-0.15, -0.1) is 0 Å². The van der Waals surface area contributed by atoms with Gasteiger partial charge in [0, 0.05) is 6.61 Å². The number of hydrogen-bond acceptors (Lipinski definition) is 4. The Labute approximate surface area is 94.5 Å². The van der Waals surface area contributed by atoms with Crippen LogP contribution in [0.15, 0.2) is 4.79 Å². The highest BCUT2D eigenvalue weighted by atomic mass is 16.5. The third kappa shape index (κ3) is 2.61. The van der Waals surface area contributed by atoms with E-state index < -0.39 is 0 Å². The van der Waals surface area contributed by atoms with Crippen molar-refractivity contribution in [2.24, 2.45) is 5.92 Å². The predicted molar refractivity (Wildman–Crippen MR) is 60.5 cm³/mol. The van der Waals surface area contributed by atoms with Gasteiger partial charge in [-0.1, -0.05) is 13.8 Å². The van der Waals surface area contributed by atoms with E-state index in [1.165, 1.54) is 6.92 Å². The first-order valence-corrected chi connectivity index (χ1v) is 5.38. The van der Waals surface area contributed by atoms with Gasteiger partial charge in [0.15, 0.2) is 0 Å². The van der Waals surface area contributed by atoms with Gasteiger partial charge in [-0.2, -0.15) is 4.98 Å². The summed E-state index contributed by atoms with van der Waals surface area (Å²) in [6.07, 6.45) is -0.302. The summed E-state index contributed by atoms with van der Waals surface area (Å²) in [6.45, 7) is 7.87. The Morgan fingerprint density at radius 1 is 1.50 bits per heavy atom. The topological polar surface area (TPSA) is 75.2 Å². The molecule has 1 unspecified atom stereocenters. The summed E-state index contributed by atoms with van der Waals surface area (Å²) < 4.78 is 5.50. The van der Waals surface area contributed by atoms with Crippen molar-refractivity contribution in [3.63, 3.8) is 0 Å². The summed E-state index contributed by atoms with van der Waals surface area (Å²) in [5, 5.41) is 9.49. The predicted octanol–water partition coefficient (Wildman–Crippen LogP) is 1.52. The van der Waals surface area contributed by atoms with Gasteiger partial charge in [0.05, 0.1) is 5.56 Å². The van der Waals surface area contributed by atoms with E-state index in [2.05, 4.69) is 9.97 Å². The van der Waals surface area contributed by atoms with E-state index in [0.29, 0.717) is 12.4 Å². The highest BCUT2D eigenvalue weighted by Crippen LogP contribution is 2.23. The monoisotopic (exact) mass is 226 g/mol. The minimum atomic E-state index is -0.326. The number of hydrogen-bond donors (Lipinski definition) is 2. The first-order chi connectivity index (χ1) is 7.47. The minimum absolute atomic E-state index is 0.171. The highest BCUT2D eigenvalue weighted by molar-refractivity contribution is 5.20. The maximum atomic E-state index is 11.5. The van der Waals surface area contributed by atoms with Crippen LogP contribution in [0.3, 0.4) is 0 Å². The molecule has 0 spiro atoms. The Kier molecular flexibility index (Phi) is 4.06. The largest absolute Gasteiger partial charge is 0.493 e. The number of aromatic amines is 1. The smallest absolute Gasteiger partial charge is 0.257 e. The van der Waals surface area contributed by atoms with Crippen LogP contribution in [0.4, 0.5) is 0 Å². The van der Waals surface area contributed by atoms with Crippen LogP contribution in [0.25, 0.3) is 0 Å². The molecule has 0 saturated carbocycles. The molecular formula is C11H18N2O3. The molecule has 0 amide bonds. The Morgan fingerprint density at radius 3 is 2.56 bits per heavy atom. The van der Waals surface area contributed by atoms with Crippen molar-refractivity contribution in [3.05, 3.63) is 21.7 Å². The van der Waals surface area contributed by atoms with Gasteiger partial charge in [-0.25, -0.2) is 0 Å². The molecule has 0 radical (unpaired) electrons. The molecule has 1 aromatic heterocycles. The van der Waals surface area contributed by atoms with Crippen LogP contribution < -0.4 is 5.56 Å². The molecule has 0 aliphatic rings. The van der Waals surface area contributed by atoms with Crippen LogP contribution in [0.1, 0.15) is 38.3 Å². The zero-order valence-electron chi connectivity index (χ0n) is 10.1. The lowest BCUT2D eigenvalue weighted by Crippen LogP contribution is -2.21. The number of aromatic hydroxyl groups is 1. The molecule has 0 fully saturated rings. The van der Waals surface area contributed by atoms with Gasteiger partial charge >= 0.3 is 0 Å². The van der Waals surface area contributed by atoms with Crippen molar-refractivity contribution in [3.8, 4) is 5.88 Å². The van der Waals surface area contributed by atoms with Gasteiger partial charge in [-0.05, 0) is 19.8 Å². The first-order valence-electron chi connectivity index (χ1n) is 5.38. The number of H-pyrrole nitrogens is 1. The second kappa shape index (κ2) is 5.12. The van der Waals surface area contributed by atoms with E-state index in [9.17, 15) is 9.90 Å². The Hall–Kier alpha value is -1.36. The minimum Gasteiger partial charge on any atom is -0.493 e. The molecule has 0 bridgehead atoms. The molecule has 2 N–H and O–H groups in total. The molecule has 1 atom stereocenters. The fraction of sp³-hybridized carbons (Fsp3) is 0.636. The molecule has 16 heavy (non-hydrogen) atoms. The number of rotatable bonds is 4. The van der Waals surface area contributed by atoms with Crippen molar-refractivity contribution < 1.29 is 9.84 Å². The quantitative estimate of drug-likeness (QED) is 0.816. The zero-order chi connectivity index (χ0) is 12.3. The molecule has 0 saturated heterocycles. The maximum absolute atomic E-state index is 11.5. The van der Waals surface area contributed by atoms with Crippen LogP contribution in [0, 0.1) is 12.8 Å². The normalized spacial score (nSPS) is 13.1. The molecule has 0 aromatic carbocycles. The van der Waals surface area contributed by atoms with Crippen LogP contribution >= 0.6 is 0 Å². The molecule has 90 valence electrons. The summed E-state index contributed by atoms with van der Waals surface area (Å²) >= 11 is 0. The fourth-order valence-corrected chi connectivity index (χ4v) is 1.44. The molecular weight excluding hydrogens is 208 g/mol. The van der Waals surface area contributed by atoms with E-state index >= 15 is 0 Å². The molecule has 1 aromatic rings. The second-order valence-electron chi connectivity index (χ2n) is 4.02. The van der Waals surface area contributed by atoms with Crippen LogP contribution in [-0.4, -0.2) is 21.7 Å². The van der Waals surface area contributed by atoms with Crippen molar-refractivity contribution in [2.45, 2.75) is 33.8 Å². The first kappa shape index (κ1) is 12.7. The molecule has 1 heterocycles. The molecule has 5 nitrogen and oxygen atoms in total. The lowest BCUT2D eigenvalue weighted by atomic mass is 10.1. The van der Waals surface area contributed by atoms with Crippen molar-refractivity contribution >= 4 is 0 Å². The second-order valence-corrected chi connectivity index (χ2v) is 4.02. The van der Waals surface area contributed by atoms with Gasteiger partial charge in [-0.3, -0.25) is 4.79 Å². The van der Waals surface area contributed by atoms with E-state index in [1.54, 1.807) is 0 Å². The molecule has 5 heteroatoms. The van der Waals surface area contributed by atoms with E-state index in [1.807, 2.05) is 20.8 Å². The lowest BCUT2D eigenvalue weighted by molar-refractivity contribution is 0.0226. The Balaban J connectivity index is 3.15. The van der Waals surface area contributed by atoms with Crippen LogP contribution in [-0.2, 0) is 4.74 Å². The molecule has 0 aliphatic heterocycles. The van der Waals surface area contributed by atoms with E-state index in [-0.39, 0.29) is 29.0 Å². The standard InChI is InChI=1S/C11H18N2O3/c1-5-16-8(6(2)3)9-12-10(14)7(4)11(15)13-9/h6,8H,5H2,1-4H3,(H2,12,13,14,15). The Bertz CT molecular complexity index is 412. The average molecular weight is 226 g/mol.